The number of hydrogen-bond donors (Lipinski definition) is 2. The smallest absolute Gasteiger partial charge is 0.124 e. The SMILES string of the molecule is Cc1cncc(-c2cc3c(-c4cc5c(-c6cc(F)cc(CCCN7CCCC7)c6)nccc5[nH]4)n[nH]c3cn2)c1. The number of benzene rings is 1. The van der Waals surface area contributed by atoms with E-state index < -0.39 is 0 Å². The van der Waals surface area contributed by atoms with Crippen LogP contribution < -0.4 is 0 Å². The van der Waals surface area contributed by atoms with Crippen molar-refractivity contribution >= 4 is 21.8 Å². The van der Waals surface area contributed by atoms with E-state index >= 15 is 0 Å². The van der Waals surface area contributed by atoms with Crippen LogP contribution in [0.5, 0.6) is 0 Å². The van der Waals surface area contributed by atoms with Crippen molar-refractivity contribution in [1.82, 2.24) is 35.0 Å². The zero-order chi connectivity index (χ0) is 27.1. The Labute approximate surface area is 231 Å². The lowest BCUT2D eigenvalue weighted by Crippen LogP contribution is -2.20. The van der Waals surface area contributed by atoms with Crippen LogP contribution in [0.4, 0.5) is 4.39 Å². The molecule has 0 saturated carbocycles. The second-order valence-corrected chi connectivity index (χ2v) is 10.7. The van der Waals surface area contributed by atoms with Gasteiger partial charge in [-0.1, -0.05) is 0 Å². The summed E-state index contributed by atoms with van der Waals surface area (Å²) in [5.41, 5.74) is 8.85. The van der Waals surface area contributed by atoms with Gasteiger partial charge in [0.1, 0.15) is 11.5 Å². The van der Waals surface area contributed by atoms with Gasteiger partial charge in [-0.25, -0.2) is 4.39 Å². The lowest BCUT2D eigenvalue weighted by atomic mass is 10.0. The van der Waals surface area contributed by atoms with Crippen LogP contribution in [0.1, 0.15) is 30.4 Å². The van der Waals surface area contributed by atoms with E-state index in [1.807, 2.05) is 31.5 Å². The summed E-state index contributed by atoms with van der Waals surface area (Å²) >= 11 is 0. The highest BCUT2D eigenvalue weighted by Crippen LogP contribution is 2.34. The van der Waals surface area contributed by atoms with Gasteiger partial charge in [0.05, 0.1) is 28.8 Å². The Bertz CT molecular complexity index is 1830. The Morgan fingerprint density at radius 2 is 1.75 bits per heavy atom. The van der Waals surface area contributed by atoms with Gasteiger partial charge in [-0.3, -0.25) is 20.1 Å². The van der Waals surface area contributed by atoms with Crippen molar-refractivity contribution in [3.8, 4) is 33.9 Å². The number of nitrogens with zero attached hydrogens (tertiary/aromatic N) is 5. The maximum absolute atomic E-state index is 14.8. The summed E-state index contributed by atoms with van der Waals surface area (Å²) in [5.74, 6) is -0.229. The normalized spacial score (nSPS) is 14.1. The number of rotatable bonds is 7. The number of aromatic nitrogens is 6. The number of likely N-dealkylation sites (tertiary alicyclic amines) is 1. The lowest BCUT2D eigenvalue weighted by Gasteiger charge is -2.14. The van der Waals surface area contributed by atoms with Gasteiger partial charge >= 0.3 is 0 Å². The van der Waals surface area contributed by atoms with E-state index in [0.29, 0.717) is 0 Å². The topological polar surface area (TPSA) is 86.4 Å². The average molecular weight is 532 g/mol. The van der Waals surface area contributed by atoms with Crippen molar-refractivity contribution < 1.29 is 4.39 Å². The molecule has 0 aliphatic carbocycles. The van der Waals surface area contributed by atoms with Crippen LogP contribution in [0.2, 0.25) is 0 Å². The largest absolute Gasteiger partial charge is 0.353 e. The molecule has 5 aromatic heterocycles. The van der Waals surface area contributed by atoms with Crippen LogP contribution in [0.25, 0.3) is 55.7 Å². The summed E-state index contributed by atoms with van der Waals surface area (Å²) in [5, 5.41) is 9.61. The third kappa shape index (κ3) is 4.75. The van der Waals surface area contributed by atoms with Crippen LogP contribution >= 0.6 is 0 Å². The van der Waals surface area contributed by atoms with E-state index in [1.54, 1.807) is 24.5 Å². The third-order valence-electron chi connectivity index (χ3n) is 7.79. The highest BCUT2D eigenvalue weighted by atomic mass is 19.1. The number of nitrogens with one attached hydrogen (secondary N) is 2. The van der Waals surface area contributed by atoms with Gasteiger partial charge in [0, 0.05) is 46.0 Å². The molecular weight excluding hydrogens is 501 g/mol. The van der Waals surface area contributed by atoms with E-state index in [0.717, 1.165) is 86.2 Å². The maximum atomic E-state index is 14.8. The van der Waals surface area contributed by atoms with Gasteiger partial charge in [0.15, 0.2) is 0 Å². The maximum Gasteiger partial charge on any atom is 0.124 e. The van der Waals surface area contributed by atoms with Gasteiger partial charge in [-0.05, 0) is 106 Å². The minimum absolute atomic E-state index is 0.229. The van der Waals surface area contributed by atoms with Crippen molar-refractivity contribution in [3.63, 3.8) is 0 Å². The fourth-order valence-electron chi connectivity index (χ4n) is 5.83. The second-order valence-electron chi connectivity index (χ2n) is 10.7. The summed E-state index contributed by atoms with van der Waals surface area (Å²) < 4.78 is 14.8. The van der Waals surface area contributed by atoms with Crippen LogP contribution in [0.3, 0.4) is 0 Å². The highest BCUT2D eigenvalue weighted by Gasteiger charge is 2.17. The Kier molecular flexibility index (Phi) is 6.32. The summed E-state index contributed by atoms with van der Waals surface area (Å²) in [6.45, 7) is 5.45. The Morgan fingerprint density at radius 3 is 2.62 bits per heavy atom. The molecule has 1 aliphatic heterocycles. The van der Waals surface area contributed by atoms with Gasteiger partial charge in [0.25, 0.3) is 0 Å². The van der Waals surface area contributed by atoms with E-state index in [2.05, 4.69) is 53.2 Å². The zero-order valence-corrected chi connectivity index (χ0v) is 22.4. The Balaban J connectivity index is 1.23. The summed E-state index contributed by atoms with van der Waals surface area (Å²) in [4.78, 5) is 19.6. The van der Waals surface area contributed by atoms with Crippen molar-refractivity contribution in [2.24, 2.45) is 0 Å². The molecule has 7 nitrogen and oxygen atoms in total. The van der Waals surface area contributed by atoms with Crippen molar-refractivity contribution in [2.45, 2.75) is 32.6 Å². The number of fused-ring (bicyclic) bond motifs is 2. The molecule has 7 rings (SSSR count). The number of halogens is 1. The molecule has 0 amide bonds. The first-order chi connectivity index (χ1) is 19.6. The Morgan fingerprint density at radius 1 is 0.875 bits per heavy atom. The van der Waals surface area contributed by atoms with Crippen molar-refractivity contribution in [2.75, 3.05) is 19.6 Å². The molecule has 1 saturated heterocycles. The Hall–Kier alpha value is -4.43. The second kappa shape index (κ2) is 10.3. The molecule has 2 N–H and O–H groups in total. The first-order valence-electron chi connectivity index (χ1n) is 13.9. The molecule has 6 heterocycles. The number of aromatic amines is 2. The van der Waals surface area contributed by atoms with Crippen molar-refractivity contribution in [1.29, 1.82) is 0 Å². The lowest BCUT2D eigenvalue weighted by molar-refractivity contribution is 0.334. The van der Waals surface area contributed by atoms with Crippen LogP contribution in [0, 0.1) is 12.7 Å². The fourth-order valence-corrected chi connectivity index (χ4v) is 5.83. The molecule has 0 radical (unpaired) electrons. The molecule has 6 aromatic rings. The standard InChI is InChI=1S/C32H30FN7/c1-20-11-23(18-34-17-20)28-15-26-30(19-36-28)38-39-32(26)29-16-25-27(37-29)6-7-35-31(25)22-12-21(13-24(33)14-22)5-4-10-40-8-2-3-9-40/h6-7,11-19,37H,2-5,8-10H2,1H3,(H,38,39). The van der Waals surface area contributed by atoms with Crippen molar-refractivity contribution in [3.05, 3.63) is 84.2 Å². The quantitative estimate of drug-likeness (QED) is 0.239. The van der Waals surface area contributed by atoms with Gasteiger partial charge in [-0.15, -0.1) is 0 Å². The predicted molar refractivity (Wildman–Crippen MR) is 156 cm³/mol. The van der Waals surface area contributed by atoms with Gasteiger partial charge in [-0.2, -0.15) is 5.10 Å². The number of H-pyrrole nitrogens is 2. The summed E-state index contributed by atoms with van der Waals surface area (Å²) in [6, 6.07) is 13.4. The highest BCUT2D eigenvalue weighted by molar-refractivity contribution is 6.00. The van der Waals surface area contributed by atoms with Crippen LogP contribution in [-0.2, 0) is 6.42 Å². The molecule has 1 aliphatic rings. The van der Waals surface area contributed by atoms with E-state index in [4.69, 9.17) is 0 Å². The molecule has 1 fully saturated rings. The van der Waals surface area contributed by atoms with Gasteiger partial charge < -0.3 is 9.88 Å². The third-order valence-corrected chi connectivity index (χ3v) is 7.79. The molecule has 0 spiro atoms. The molecule has 1 aromatic carbocycles. The molecule has 0 atom stereocenters. The monoisotopic (exact) mass is 531 g/mol. The van der Waals surface area contributed by atoms with Gasteiger partial charge in [0.2, 0.25) is 0 Å². The summed E-state index contributed by atoms with van der Waals surface area (Å²) in [7, 11) is 0. The van der Waals surface area contributed by atoms with E-state index in [1.165, 1.54) is 25.9 Å². The minimum atomic E-state index is -0.229. The first kappa shape index (κ1) is 24.6. The minimum Gasteiger partial charge on any atom is -0.353 e. The molecular formula is C32H30FN7. The van der Waals surface area contributed by atoms with E-state index in [9.17, 15) is 4.39 Å². The molecule has 8 heteroatoms. The number of hydrogen-bond acceptors (Lipinski definition) is 5. The fraction of sp³-hybridized carbons (Fsp3) is 0.250. The summed E-state index contributed by atoms with van der Waals surface area (Å²) in [6.07, 6.45) is 11.7. The molecule has 0 bridgehead atoms. The zero-order valence-electron chi connectivity index (χ0n) is 22.4. The molecule has 0 unspecified atom stereocenters. The average Bonchev–Trinajstić information content (AvgIpc) is 3.72. The van der Waals surface area contributed by atoms with Crippen LogP contribution in [-0.4, -0.2) is 54.7 Å². The number of pyridine rings is 3. The molecule has 200 valence electrons. The number of aryl methyl sites for hydroxylation is 2. The first-order valence-corrected chi connectivity index (χ1v) is 13.9. The van der Waals surface area contributed by atoms with Crippen LogP contribution in [0.15, 0.2) is 67.3 Å². The molecule has 40 heavy (non-hydrogen) atoms. The predicted octanol–water partition coefficient (Wildman–Crippen LogP) is 6.71. The van der Waals surface area contributed by atoms with E-state index in [-0.39, 0.29) is 5.82 Å².